The summed E-state index contributed by atoms with van der Waals surface area (Å²) in [6, 6.07) is 3.63. The van der Waals surface area contributed by atoms with Gasteiger partial charge in [-0.3, -0.25) is 4.90 Å². The zero-order valence-electron chi connectivity index (χ0n) is 13.4. The zero-order valence-corrected chi connectivity index (χ0v) is 13.4. The number of nitrogens with zero attached hydrogens (tertiary/aromatic N) is 4. The quantitative estimate of drug-likeness (QED) is 0.849. The highest BCUT2D eigenvalue weighted by molar-refractivity contribution is 5.70. The van der Waals surface area contributed by atoms with Gasteiger partial charge in [-0.1, -0.05) is 0 Å². The second-order valence-electron chi connectivity index (χ2n) is 7.09. The molecule has 1 amide bonds. The molecule has 1 aromatic rings. The number of ether oxygens (including phenoxy) is 1. The van der Waals surface area contributed by atoms with E-state index in [1.807, 2.05) is 31.7 Å². The van der Waals surface area contributed by atoms with Crippen LogP contribution in [0.2, 0.25) is 0 Å². The number of nitrogens with two attached hydrogens (primary N) is 1. The molecule has 0 atom stereocenters. The van der Waals surface area contributed by atoms with Crippen LogP contribution in [0.1, 0.15) is 33.6 Å². The highest BCUT2D eigenvalue weighted by Crippen LogP contribution is 2.45. The molecule has 120 valence electrons. The number of hydrogen-bond acceptors (Lipinski definition) is 6. The summed E-state index contributed by atoms with van der Waals surface area (Å²) in [5, 5.41) is 8.05. The second kappa shape index (κ2) is 5.00. The van der Waals surface area contributed by atoms with Crippen LogP contribution in [-0.2, 0) is 4.74 Å². The van der Waals surface area contributed by atoms with Crippen LogP contribution in [0.4, 0.5) is 16.4 Å². The third-order valence-electron chi connectivity index (χ3n) is 4.09. The molecule has 1 saturated heterocycles. The van der Waals surface area contributed by atoms with Crippen molar-refractivity contribution in [2.24, 2.45) is 0 Å². The molecule has 2 heterocycles. The number of anilines is 2. The molecule has 7 nitrogen and oxygen atoms in total. The first kappa shape index (κ1) is 14.9. The van der Waals surface area contributed by atoms with E-state index in [1.165, 1.54) is 0 Å². The van der Waals surface area contributed by atoms with Gasteiger partial charge in [0.2, 0.25) is 0 Å². The van der Waals surface area contributed by atoms with Crippen molar-refractivity contribution >= 4 is 17.7 Å². The maximum Gasteiger partial charge on any atom is 0.410 e. The summed E-state index contributed by atoms with van der Waals surface area (Å²) in [7, 11) is 0. The van der Waals surface area contributed by atoms with Crippen LogP contribution < -0.4 is 10.6 Å². The fraction of sp³-hybridized carbons (Fsp3) is 0.667. The molecule has 2 N–H and O–H groups in total. The predicted molar refractivity (Wildman–Crippen MR) is 83.6 cm³/mol. The van der Waals surface area contributed by atoms with E-state index in [2.05, 4.69) is 15.1 Å². The first-order valence-corrected chi connectivity index (χ1v) is 7.64. The first-order chi connectivity index (χ1) is 10.3. The topological polar surface area (TPSA) is 84.6 Å². The highest BCUT2D eigenvalue weighted by Gasteiger charge is 2.54. The molecule has 1 aromatic heterocycles. The number of nitrogen functional groups attached to an aromatic ring is 1. The minimum Gasteiger partial charge on any atom is -0.444 e. The molecular weight excluding hydrogens is 282 g/mol. The molecule has 7 heteroatoms. The van der Waals surface area contributed by atoms with Gasteiger partial charge in [0, 0.05) is 19.6 Å². The van der Waals surface area contributed by atoms with Gasteiger partial charge in [-0.2, -0.15) is 0 Å². The van der Waals surface area contributed by atoms with E-state index in [-0.39, 0.29) is 11.6 Å². The molecule has 22 heavy (non-hydrogen) atoms. The molecule has 2 aliphatic rings. The Morgan fingerprint density at radius 2 is 2.00 bits per heavy atom. The molecule has 0 aromatic carbocycles. The highest BCUT2D eigenvalue weighted by atomic mass is 16.6. The van der Waals surface area contributed by atoms with Crippen molar-refractivity contribution in [1.29, 1.82) is 0 Å². The summed E-state index contributed by atoms with van der Waals surface area (Å²) in [4.78, 5) is 16.5. The lowest BCUT2D eigenvalue weighted by atomic mass is 10.1. The number of carbonyl (C=O) groups is 1. The van der Waals surface area contributed by atoms with Crippen LogP contribution in [0.25, 0.3) is 0 Å². The van der Waals surface area contributed by atoms with Gasteiger partial charge in [0.25, 0.3) is 0 Å². The third kappa shape index (κ3) is 2.93. The maximum atomic E-state index is 12.4. The lowest BCUT2D eigenvalue weighted by molar-refractivity contribution is 0.0106. The molecule has 1 spiro atoms. The lowest BCUT2D eigenvalue weighted by Crippen LogP contribution is -2.58. The summed E-state index contributed by atoms with van der Waals surface area (Å²) < 4.78 is 5.53. The number of aromatic nitrogens is 2. The van der Waals surface area contributed by atoms with Gasteiger partial charge in [0.1, 0.15) is 11.4 Å². The first-order valence-electron chi connectivity index (χ1n) is 7.64. The molecule has 0 bridgehead atoms. The van der Waals surface area contributed by atoms with E-state index < -0.39 is 5.60 Å². The van der Waals surface area contributed by atoms with Crippen molar-refractivity contribution < 1.29 is 9.53 Å². The lowest BCUT2D eigenvalue weighted by Gasteiger charge is -2.42. The van der Waals surface area contributed by atoms with Crippen LogP contribution >= 0.6 is 0 Å². The maximum absolute atomic E-state index is 12.4. The summed E-state index contributed by atoms with van der Waals surface area (Å²) in [5.41, 5.74) is 5.01. The fourth-order valence-electron chi connectivity index (χ4n) is 2.85. The van der Waals surface area contributed by atoms with Crippen LogP contribution in [0.3, 0.4) is 0 Å². The average Bonchev–Trinajstić information content (AvgIpc) is 3.17. The number of hydrogen-bond donors (Lipinski definition) is 1. The van der Waals surface area contributed by atoms with E-state index in [4.69, 9.17) is 10.5 Å². The van der Waals surface area contributed by atoms with Gasteiger partial charge in [0.15, 0.2) is 5.82 Å². The average molecular weight is 305 g/mol. The second-order valence-corrected chi connectivity index (χ2v) is 7.09. The molecule has 1 aliphatic heterocycles. The smallest absolute Gasteiger partial charge is 0.410 e. The van der Waals surface area contributed by atoms with Gasteiger partial charge < -0.3 is 15.4 Å². The Morgan fingerprint density at radius 3 is 2.55 bits per heavy atom. The largest absolute Gasteiger partial charge is 0.444 e. The Bertz CT molecular complexity index is 562. The van der Waals surface area contributed by atoms with Crippen molar-refractivity contribution in [1.82, 2.24) is 15.1 Å². The Labute approximate surface area is 130 Å². The van der Waals surface area contributed by atoms with E-state index in [0.717, 1.165) is 31.7 Å². The van der Waals surface area contributed by atoms with Gasteiger partial charge in [-0.25, -0.2) is 4.79 Å². The Hall–Kier alpha value is -2.05. The molecule has 1 aliphatic carbocycles. The number of carbonyl (C=O) groups excluding carboxylic acids is 1. The monoisotopic (exact) mass is 305 g/mol. The van der Waals surface area contributed by atoms with Crippen LogP contribution in [0, 0.1) is 0 Å². The minimum absolute atomic E-state index is 0.107. The van der Waals surface area contributed by atoms with Crippen molar-refractivity contribution in [2.75, 3.05) is 30.3 Å². The number of amides is 1. The molecular formula is C15H23N5O2. The summed E-state index contributed by atoms with van der Waals surface area (Å²) in [5.74, 6) is 1.22. The van der Waals surface area contributed by atoms with E-state index in [9.17, 15) is 4.79 Å². The van der Waals surface area contributed by atoms with E-state index in [0.29, 0.717) is 12.4 Å². The standard InChI is InChI=1S/C15H23N5O2/c1-14(2,3)22-13(21)20-9-8-19(10-15(20)6-7-15)12-5-4-11(16)17-18-12/h4-5H,6-10H2,1-3H3,(H2,16,17). The number of rotatable bonds is 1. The fourth-order valence-corrected chi connectivity index (χ4v) is 2.85. The van der Waals surface area contributed by atoms with Crippen molar-refractivity contribution in [3.8, 4) is 0 Å². The molecule has 0 unspecified atom stereocenters. The molecule has 1 saturated carbocycles. The number of piperazine rings is 1. The van der Waals surface area contributed by atoms with Gasteiger partial charge >= 0.3 is 6.09 Å². The summed E-state index contributed by atoms with van der Waals surface area (Å²) in [6.07, 6.45) is 1.80. The van der Waals surface area contributed by atoms with Gasteiger partial charge in [-0.15, -0.1) is 10.2 Å². The van der Waals surface area contributed by atoms with Crippen LogP contribution in [0.5, 0.6) is 0 Å². The van der Waals surface area contributed by atoms with Crippen molar-refractivity contribution in [3.05, 3.63) is 12.1 Å². The van der Waals surface area contributed by atoms with E-state index in [1.54, 1.807) is 6.07 Å². The van der Waals surface area contributed by atoms with Crippen molar-refractivity contribution in [2.45, 2.75) is 44.8 Å². The normalized spacial score (nSPS) is 20.1. The van der Waals surface area contributed by atoms with Crippen molar-refractivity contribution in [3.63, 3.8) is 0 Å². The Kier molecular flexibility index (Phi) is 3.38. The zero-order chi connectivity index (χ0) is 16.0. The predicted octanol–water partition coefficient (Wildman–Crippen LogP) is 1.65. The Morgan fingerprint density at radius 1 is 1.27 bits per heavy atom. The molecule has 2 fully saturated rings. The molecule has 0 radical (unpaired) electrons. The summed E-state index contributed by atoms with van der Waals surface area (Å²) in [6.45, 7) is 7.81. The van der Waals surface area contributed by atoms with E-state index >= 15 is 0 Å². The third-order valence-corrected chi connectivity index (χ3v) is 4.09. The SMILES string of the molecule is CC(C)(C)OC(=O)N1CCN(c2ccc(N)nn2)CC12CC2. The van der Waals surface area contributed by atoms with Crippen LogP contribution in [0.15, 0.2) is 12.1 Å². The Balaban J connectivity index is 1.70. The van der Waals surface area contributed by atoms with Gasteiger partial charge in [0.05, 0.1) is 5.54 Å². The van der Waals surface area contributed by atoms with Crippen LogP contribution in [-0.4, -0.2) is 52.0 Å². The summed E-state index contributed by atoms with van der Waals surface area (Å²) >= 11 is 0. The van der Waals surface area contributed by atoms with Gasteiger partial charge in [-0.05, 0) is 45.7 Å². The molecule has 3 rings (SSSR count). The minimum atomic E-state index is -0.466.